The van der Waals surface area contributed by atoms with Crippen LogP contribution in [0.25, 0.3) is 0 Å². The molecule has 6 atom stereocenters. The highest BCUT2D eigenvalue weighted by molar-refractivity contribution is 8.02. The van der Waals surface area contributed by atoms with Crippen molar-refractivity contribution in [3.8, 4) is 0 Å². The van der Waals surface area contributed by atoms with Gasteiger partial charge in [0.15, 0.2) is 0 Å². The molecule has 2 amide bonds. The lowest BCUT2D eigenvalue weighted by Crippen LogP contribution is -2.57. The van der Waals surface area contributed by atoms with Crippen LogP contribution in [-0.2, 0) is 19.1 Å². The number of fused-ring (bicyclic) bond motifs is 1. The number of hydrogen-bond acceptors (Lipinski definition) is 6. The first kappa shape index (κ1) is 27.8. The molecular weight excluding hydrogens is 464 g/mol. The van der Waals surface area contributed by atoms with Crippen molar-refractivity contribution >= 4 is 29.5 Å². The molecule has 8 heteroatoms. The van der Waals surface area contributed by atoms with Gasteiger partial charge in [-0.15, -0.1) is 24.9 Å². The summed E-state index contributed by atoms with van der Waals surface area (Å²) in [7, 11) is 0. The second-order valence-electron chi connectivity index (χ2n) is 9.92. The van der Waals surface area contributed by atoms with Crippen molar-refractivity contribution in [1.29, 1.82) is 0 Å². The van der Waals surface area contributed by atoms with Crippen molar-refractivity contribution in [2.75, 3.05) is 26.3 Å². The fourth-order valence-electron chi connectivity index (χ4n) is 6.11. The van der Waals surface area contributed by atoms with Gasteiger partial charge in [-0.3, -0.25) is 14.4 Å². The minimum Gasteiger partial charge on any atom is -0.465 e. The van der Waals surface area contributed by atoms with Crippen molar-refractivity contribution in [3.63, 3.8) is 0 Å². The third kappa shape index (κ3) is 5.19. The molecule has 3 aliphatic heterocycles. The monoisotopic (exact) mass is 506 g/mol. The van der Waals surface area contributed by atoms with E-state index in [2.05, 4.69) is 20.1 Å². The SMILES string of the molecule is C=CCCCOC(=O)[C@@H]1[C@H]2C(=O)N([C@@H](CC)CO)C(C(=O)N(CC=C)CCCCC)C23CC[C@H]1S3. The van der Waals surface area contributed by atoms with Gasteiger partial charge in [0.1, 0.15) is 6.04 Å². The maximum Gasteiger partial charge on any atom is 0.310 e. The lowest BCUT2D eigenvalue weighted by molar-refractivity contribution is -0.154. The number of nitrogens with zero attached hydrogens (tertiary/aromatic N) is 2. The molecule has 3 saturated heterocycles. The van der Waals surface area contributed by atoms with Crippen molar-refractivity contribution < 1.29 is 24.2 Å². The minimum atomic E-state index is -0.688. The van der Waals surface area contributed by atoms with E-state index in [1.165, 1.54) is 0 Å². The minimum absolute atomic E-state index is 0.0181. The van der Waals surface area contributed by atoms with Crippen molar-refractivity contribution in [1.82, 2.24) is 9.80 Å². The molecule has 3 aliphatic rings. The molecule has 3 fully saturated rings. The Morgan fingerprint density at radius 2 is 2.06 bits per heavy atom. The Morgan fingerprint density at radius 3 is 2.69 bits per heavy atom. The van der Waals surface area contributed by atoms with Gasteiger partial charge in [0.2, 0.25) is 11.8 Å². The van der Waals surface area contributed by atoms with E-state index < -0.39 is 28.7 Å². The summed E-state index contributed by atoms with van der Waals surface area (Å²) >= 11 is 1.64. The summed E-state index contributed by atoms with van der Waals surface area (Å²) in [5.74, 6) is -1.73. The number of ether oxygens (including phenoxy) is 1. The van der Waals surface area contributed by atoms with Gasteiger partial charge in [-0.25, -0.2) is 0 Å². The average Bonchev–Trinajstić information content (AvgIpc) is 3.49. The number of unbranched alkanes of at least 4 members (excludes halogenated alkanes) is 3. The number of likely N-dealkylation sites (tertiary alicyclic amines) is 1. The highest BCUT2D eigenvalue weighted by atomic mass is 32.2. The molecule has 7 nitrogen and oxygen atoms in total. The molecule has 0 aromatic rings. The van der Waals surface area contributed by atoms with Crippen LogP contribution in [-0.4, -0.2) is 81.1 Å². The van der Waals surface area contributed by atoms with Crippen LogP contribution in [0.15, 0.2) is 25.3 Å². The second-order valence-corrected chi connectivity index (χ2v) is 11.5. The fraction of sp³-hybridized carbons (Fsp3) is 0.741. The number of carbonyl (C=O) groups is 3. The lowest BCUT2D eigenvalue weighted by atomic mass is 9.71. The smallest absolute Gasteiger partial charge is 0.310 e. The topological polar surface area (TPSA) is 87.1 Å². The van der Waals surface area contributed by atoms with E-state index in [0.717, 1.165) is 32.1 Å². The van der Waals surface area contributed by atoms with Crippen LogP contribution in [0.2, 0.25) is 0 Å². The van der Waals surface area contributed by atoms with E-state index in [4.69, 9.17) is 4.74 Å². The molecule has 1 spiro atoms. The van der Waals surface area contributed by atoms with Crippen molar-refractivity contribution in [3.05, 3.63) is 25.3 Å². The van der Waals surface area contributed by atoms with E-state index in [1.807, 2.05) is 11.8 Å². The average molecular weight is 507 g/mol. The summed E-state index contributed by atoms with van der Waals surface area (Å²) in [6, 6.07) is -1.14. The molecule has 0 saturated carbocycles. The van der Waals surface area contributed by atoms with E-state index in [9.17, 15) is 19.5 Å². The molecule has 0 aliphatic carbocycles. The van der Waals surface area contributed by atoms with Gasteiger partial charge >= 0.3 is 5.97 Å². The van der Waals surface area contributed by atoms with Crippen LogP contribution in [0.5, 0.6) is 0 Å². The Morgan fingerprint density at radius 1 is 1.29 bits per heavy atom. The van der Waals surface area contributed by atoms with Crippen molar-refractivity contribution in [2.24, 2.45) is 11.8 Å². The summed E-state index contributed by atoms with van der Waals surface area (Å²) in [4.78, 5) is 44.7. The molecule has 196 valence electrons. The van der Waals surface area contributed by atoms with Gasteiger partial charge < -0.3 is 19.6 Å². The van der Waals surface area contributed by atoms with E-state index in [1.54, 1.807) is 28.8 Å². The molecule has 1 N–H and O–H groups in total. The number of esters is 1. The lowest BCUT2D eigenvalue weighted by Gasteiger charge is -2.39. The van der Waals surface area contributed by atoms with E-state index >= 15 is 0 Å². The van der Waals surface area contributed by atoms with Gasteiger partial charge in [0, 0.05) is 18.3 Å². The first-order valence-electron chi connectivity index (χ1n) is 13.2. The van der Waals surface area contributed by atoms with Crippen LogP contribution in [0.1, 0.15) is 65.2 Å². The van der Waals surface area contributed by atoms with Gasteiger partial charge in [0.05, 0.1) is 35.8 Å². The first-order chi connectivity index (χ1) is 16.9. The number of amides is 2. The molecule has 2 bridgehead atoms. The predicted octanol–water partition coefficient (Wildman–Crippen LogP) is 3.56. The van der Waals surface area contributed by atoms with Gasteiger partial charge in [-0.2, -0.15) is 0 Å². The number of aliphatic hydroxyl groups is 1. The zero-order valence-electron chi connectivity index (χ0n) is 21.3. The zero-order chi connectivity index (χ0) is 25.6. The van der Waals surface area contributed by atoms with Crippen LogP contribution in [0.4, 0.5) is 0 Å². The van der Waals surface area contributed by atoms with Gasteiger partial charge in [0.25, 0.3) is 0 Å². The highest BCUT2D eigenvalue weighted by Crippen LogP contribution is 2.67. The van der Waals surface area contributed by atoms with Gasteiger partial charge in [-0.1, -0.05) is 38.8 Å². The largest absolute Gasteiger partial charge is 0.465 e. The van der Waals surface area contributed by atoms with E-state index in [0.29, 0.717) is 39.0 Å². The highest BCUT2D eigenvalue weighted by Gasteiger charge is 2.74. The summed E-state index contributed by atoms with van der Waals surface area (Å²) in [6.07, 6.45) is 9.98. The second kappa shape index (κ2) is 12.4. The molecule has 2 unspecified atom stereocenters. The van der Waals surface area contributed by atoms with E-state index in [-0.39, 0.29) is 29.6 Å². The Kier molecular flexibility index (Phi) is 9.87. The molecular formula is C27H42N2O5S. The Balaban J connectivity index is 1.94. The third-order valence-electron chi connectivity index (χ3n) is 7.81. The quantitative estimate of drug-likeness (QED) is 0.208. The predicted molar refractivity (Wildman–Crippen MR) is 139 cm³/mol. The first-order valence-corrected chi connectivity index (χ1v) is 14.1. The number of rotatable bonds is 15. The number of carbonyl (C=O) groups excluding carboxylic acids is 3. The van der Waals surface area contributed by atoms with Crippen LogP contribution < -0.4 is 0 Å². The molecule has 35 heavy (non-hydrogen) atoms. The Hall–Kier alpha value is -1.80. The summed E-state index contributed by atoms with van der Waals surface area (Å²) < 4.78 is 4.94. The molecule has 3 heterocycles. The standard InChI is InChI=1S/C27H42N2O5S/c1-5-9-11-16-28(15-7-3)25(32)23-27-14-13-20(35-27)21(26(33)34-17-12-10-6-2)22(27)24(31)29(23)19(8-4)18-30/h6-7,19-23,30H,2-3,5,8-18H2,1,4H3/t19-,20+,21-,22-,23?,27?/m0/s1. The summed E-state index contributed by atoms with van der Waals surface area (Å²) in [5, 5.41) is 10.1. The number of allylic oxidation sites excluding steroid dienone is 1. The van der Waals surface area contributed by atoms with Crippen LogP contribution >= 0.6 is 11.8 Å². The Labute approximate surface area is 214 Å². The van der Waals surface area contributed by atoms with Crippen LogP contribution in [0.3, 0.4) is 0 Å². The Bertz CT molecular complexity index is 800. The summed E-state index contributed by atoms with van der Waals surface area (Å²) in [6.45, 7) is 12.7. The fourth-order valence-corrected chi connectivity index (χ4v) is 8.30. The molecule has 3 rings (SSSR count). The maximum absolute atomic E-state index is 14.1. The zero-order valence-corrected chi connectivity index (χ0v) is 22.1. The molecule has 0 aromatic heterocycles. The normalized spacial score (nSPS) is 29.7. The molecule has 0 aromatic carbocycles. The van der Waals surface area contributed by atoms with Crippen LogP contribution in [0, 0.1) is 11.8 Å². The molecule has 0 radical (unpaired) electrons. The maximum atomic E-state index is 14.1. The number of thioether (sulfide) groups is 1. The number of hydrogen-bond donors (Lipinski definition) is 1. The van der Waals surface area contributed by atoms with Crippen molar-refractivity contribution in [2.45, 2.75) is 87.3 Å². The summed E-state index contributed by atoms with van der Waals surface area (Å²) in [5.41, 5.74) is 0. The van der Waals surface area contributed by atoms with Gasteiger partial charge in [-0.05, 0) is 38.5 Å². The number of aliphatic hydroxyl groups excluding tert-OH is 1. The third-order valence-corrected chi connectivity index (χ3v) is 9.76.